The molecule has 4 rings (SSSR count). The van der Waals surface area contributed by atoms with Crippen molar-refractivity contribution in [2.24, 2.45) is 5.41 Å². The predicted molar refractivity (Wildman–Crippen MR) is 87.9 cm³/mol. The second kappa shape index (κ2) is 5.15. The Labute approximate surface area is 137 Å². The normalized spacial score (nSPS) is 21.7. The summed E-state index contributed by atoms with van der Waals surface area (Å²) < 4.78 is 0. The van der Waals surface area contributed by atoms with Crippen LogP contribution >= 0.6 is 0 Å². The standard InChI is InChI=1S/C19H24N2O2/c1-3-20-18(23)15-11(2)21-13-9-19(7-4-8-19)10-14(22)17(13)16(15)12-5-6-12/h12H,3-10H2,1-2H3,(H,20,23). The van der Waals surface area contributed by atoms with Crippen LogP contribution in [0.1, 0.15) is 89.0 Å². The number of carbonyl (C=O) groups excluding carboxylic acids is 2. The van der Waals surface area contributed by atoms with Crippen molar-refractivity contribution in [2.45, 2.75) is 64.7 Å². The van der Waals surface area contributed by atoms with Gasteiger partial charge in [0.1, 0.15) is 0 Å². The molecule has 4 heteroatoms. The van der Waals surface area contributed by atoms with Crippen LogP contribution in [0.2, 0.25) is 0 Å². The molecule has 1 N–H and O–H groups in total. The molecule has 0 saturated heterocycles. The largest absolute Gasteiger partial charge is 0.352 e. The molecular formula is C19H24N2O2. The maximum atomic E-state index is 12.9. The third kappa shape index (κ3) is 2.30. The second-order valence-electron chi connectivity index (χ2n) is 7.57. The molecule has 1 spiro atoms. The molecule has 0 aliphatic heterocycles. The van der Waals surface area contributed by atoms with Gasteiger partial charge in [-0.25, -0.2) is 0 Å². The lowest BCUT2D eigenvalue weighted by molar-refractivity contribution is 0.0703. The van der Waals surface area contributed by atoms with Crippen LogP contribution < -0.4 is 5.32 Å². The number of aromatic nitrogens is 1. The average molecular weight is 312 g/mol. The van der Waals surface area contributed by atoms with Gasteiger partial charge in [-0.15, -0.1) is 0 Å². The molecule has 0 unspecified atom stereocenters. The van der Waals surface area contributed by atoms with Crippen LogP contribution in [0.15, 0.2) is 0 Å². The Morgan fingerprint density at radius 3 is 2.61 bits per heavy atom. The summed E-state index contributed by atoms with van der Waals surface area (Å²) in [7, 11) is 0. The highest BCUT2D eigenvalue weighted by Gasteiger charge is 2.46. The van der Waals surface area contributed by atoms with Crippen molar-refractivity contribution in [2.75, 3.05) is 6.54 Å². The van der Waals surface area contributed by atoms with Gasteiger partial charge in [-0.1, -0.05) is 6.42 Å². The summed E-state index contributed by atoms with van der Waals surface area (Å²) in [6.45, 7) is 4.43. The molecule has 2 fully saturated rings. The fraction of sp³-hybridized carbons (Fsp3) is 0.632. The van der Waals surface area contributed by atoms with Gasteiger partial charge >= 0.3 is 0 Å². The topological polar surface area (TPSA) is 59.1 Å². The molecule has 3 aliphatic carbocycles. The van der Waals surface area contributed by atoms with Crippen molar-refractivity contribution in [3.63, 3.8) is 0 Å². The zero-order valence-corrected chi connectivity index (χ0v) is 14.0. The average Bonchev–Trinajstić information content (AvgIpc) is 3.28. The summed E-state index contributed by atoms with van der Waals surface area (Å²) in [5.74, 6) is 0.535. The molecule has 122 valence electrons. The number of aryl methyl sites for hydroxylation is 1. The minimum atomic E-state index is -0.0704. The minimum absolute atomic E-state index is 0.0704. The third-order valence-electron chi connectivity index (χ3n) is 5.81. The van der Waals surface area contributed by atoms with Crippen molar-refractivity contribution in [3.8, 4) is 0 Å². The quantitative estimate of drug-likeness (QED) is 0.931. The highest BCUT2D eigenvalue weighted by Crippen LogP contribution is 2.53. The van der Waals surface area contributed by atoms with Gasteiger partial charge in [-0.3, -0.25) is 14.6 Å². The summed E-state index contributed by atoms with van der Waals surface area (Å²) in [6.07, 6.45) is 7.27. The van der Waals surface area contributed by atoms with E-state index < -0.39 is 0 Å². The highest BCUT2D eigenvalue weighted by molar-refractivity contribution is 6.05. The van der Waals surface area contributed by atoms with E-state index in [1.165, 1.54) is 6.42 Å². The Morgan fingerprint density at radius 1 is 1.30 bits per heavy atom. The fourth-order valence-electron chi connectivity index (χ4n) is 4.42. The van der Waals surface area contributed by atoms with E-state index in [0.29, 0.717) is 24.4 Å². The van der Waals surface area contributed by atoms with Gasteiger partial charge in [0.25, 0.3) is 5.91 Å². The zero-order chi connectivity index (χ0) is 16.2. The highest BCUT2D eigenvalue weighted by atomic mass is 16.1. The van der Waals surface area contributed by atoms with Gasteiger partial charge < -0.3 is 5.32 Å². The van der Waals surface area contributed by atoms with Crippen molar-refractivity contribution in [3.05, 3.63) is 28.1 Å². The number of fused-ring (bicyclic) bond motifs is 1. The molecule has 1 aromatic rings. The number of ketones is 1. The number of hydrogen-bond donors (Lipinski definition) is 1. The van der Waals surface area contributed by atoms with Crippen LogP contribution in [-0.2, 0) is 6.42 Å². The summed E-state index contributed by atoms with van der Waals surface area (Å²) >= 11 is 0. The molecule has 2 saturated carbocycles. The van der Waals surface area contributed by atoms with Gasteiger partial charge in [-0.2, -0.15) is 0 Å². The lowest BCUT2D eigenvalue weighted by Gasteiger charge is -2.44. The van der Waals surface area contributed by atoms with E-state index in [1.54, 1.807) is 0 Å². The molecule has 1 amide bonds. The van der Waals surface area contributed by atoms with Gasteiger partial charge in [0, 0.05) is 18.5 Å². The van der Waals surface area contributed by atoms with Crippen molar-refractivity contribution in [1.82, 2.24) is 10.3 Å². The SMILES string of the molecule is CCNC(=O)c1c(C)nc2c(c1C1CC1)C(=O)CC1(CCC1)C2. The summed E-state index contributed by atoms with van der Waals surface area (Å²) in [6, 6.07) is 0. The molecule has 4 nitrogen and oxygen atoms in total. The van der Waals surface area contributed by atoms with Gasteiger partial charge in [0.05, 0.1) is 17.0 Å². The molecular weight excluding hydrogens is 288 g/mol. The number of carbonyl (C=O) groups is 2. The van der Waals surface area contributed by atoms with Crippen molar-refractivity contribution >= 4 is 11.7 Å². The third-order valence-corrected chi connectivity index (χ3v) is 5.81. The molecule has 1 aromatic heterocycles. The van der Waals surface area contributed by atoms with Crippen LogP contribution in [0.3, 0.4) is 0 Å². The number of nitrogens with zero attached hydrogens (tertiary/aromatic N) is 1. The number of rotatable bonds is 3. The molecule has 0 aromatic carbocycles. The van der Waals surface area contributed by atoms with Gasteiger partial charge in [0.15, 0.2) is 5.78 Å². The van der Waals surface area contributed by atoms with E-state index in [1.807, 2.05) is 13.8 Å². The van der Waals surface area contributed by atoms with Crippen LogP contribution in [0, 0.1) is 12.3 Å². The van der Waals surface area contributed by atoms with Crippen LogP contribution in [0.5, 0.6) is 0 Å². The summed E-state index contributed by atoms with van der Waals surface area (Å²) in [5, 5.41) is 2.90. The number of Topliss-reactive ketones (excluding diaryl/α,β-unsaturated/α-hetero) is 1. The molecule has 0 radical (unpaired) electrons. The molecule has 0 atom stereocenters. The van der Waals surface area contributed by atoms with Crippen molar-refractivity contribution < 1.29 is 9.59 Å². The van der Waals surface area contributed by atoms with Crippen LogP contribution in [0.4, 0.5) is 0 Å². The Balaban J connectivity index is 1.86. The van der Waals surface area contributed by atoms with Gasteiger partial charge in [-0.05, 0) is 62.8 Å². The fourth-order valence-corrected chi connectivity index (χ4v) is 4.42. The first-order valence-corrected chi connectivity index (χ1v) is 8.89. The van der Waals surface area contributed by atoms with E-state index >= 15 is 0 Å². The van der Waals surface area contributed by atoms with Crippen molar-refractivity contribution in [1.29, 1.82) is 0 Å². The van der Waals surface area contributed by atoms with Crippen LogP contribution in [-0.4, -0.2) is 23.2 Å². The predicted octanol–water partition coefficient (Wildman–Crippen LogP) is 3.32. The maximum Gasteiger partial charge on any atom is 0.253 e. The first kappa shape index (κ1) is 14.9. The Bertz CT molecular complexity index is 700. The zero-order valence-electron chi connectivity index (χ0n) is 14.0. The monoisotopic (exact) mass is 312 g/mol. The molecule has 0 bridgehead atoms. The second-order valence-corrected chi connectivity index (χ2v) is 7.57. The molecule has 23 heavy (non-hydrogen) atoms. The number of hydrogen-bond acceptors (Lipinski definition) is 3. The molecule has 1 heterocycles. The number of amides is 1. The minimum Gasteiger partial charge on any atom is -0.352 e. The first-order valence-electron chi connectivity index (χ1n) is 8.89. The number of pyridine rings is 1. The summed E-state index contributed by atoms with van der Waals surface area (Å²) in [5.41, 5.74) is 4.42. The van der Waals surface area contributed by atoms with E-state index in [9.17, 15) is 9.59 Å². The van der Waals surface area contributed by atoms with Crippen LogP contribution in [0.25, 0.3) is 0 Å². The van der Waals surface area contributed by atoms with E-state index in [2.05, 4.69) is 5.32 Å². The summed E-state index contributed by atoms with van der Waals surface area (Å²) in [4.78, 5) is 30.2. The lowest BCUT2D eigenvalue weighted by Crippen LogP contribution is -2.40. The Hall–Kier alpha value is -1.71. The first-order chi connectivity index (χ1) is 11.0. The smallest absolute Gasteiger partial charge is 0.253 e. The Kier molecular flexibility index (Phi) is 3.33. The maximum absolute atomic E-state index is 12.9. The van der Waals surface area contributed by atoms with E-state index in [-0.39, 0.29) is 17.1 Å². The van der Waals surface area contributed by atoms with Gasteiger partial charge in [0.2, 0.25) is 0 Å². The molecule has 3 aliphatic rings. The van der Waals surface area contributed by atoms with E-state index in [4.69, 9.17) is 4.98 Å². The lowest BCUT2D eigenvalue weighted by atomic mass is 9.59. The Morgan fingerprint density at radius 2 is 2.04 bits per heavy atom. The van der Waals surface area contributed by atoms with E-state index in [0.717, 1.165) is 54.6 Å². The number of nitrogens with one attached hydrogen (secondary N) is 1.